The van der Waals surface area contributed by atoms with Crippen molar-refractivity contribution in [2.45, 2.75) is 69.4 Å². The van der Waals surface area contributed by atoms with E-state index >= 15 is 0 Å². The van der Waals surface area contributed by atoms with E-state index in [0.717, 1.165) is 12.8 Å². The minimum Gasteiger partial charge on any atom is -0.465 e. The number of nitrogens with one attached hydrogen (secondary N) is 1. The average molecular weight is 301 g/mol. The fourth-order valence-electron chi connectivity index (χ4n) is 3.83. The molecule has 1 atom stereocenters. The number of rotatable bonds is 6. The third-order valence-corrected chi connectivity index (χ3v) is 5.22. The van der Waals surface area contributed by atoms with Crippen LogP contribution in [-0.4, -0.2) is 24.7 Å². The summed E-state index contributed by atoms with van der Waals surface area (Å²) in [4.78, 5) is 12.6. The minimum atomic E-state index is -0.196. The number of carbonyl (C=O) groups is 1. The Bertz CT molecular complexity index is 489. The van der Waals surface area contributed by atoms with Crippen molar-refractivity contribution in [3.63, 3.8) is 0 Å². The quantitative estimate of drug-likeness (QED) is 0.816. The molecule has 0 saturated heterocycles. The van der Waals surface area contributed by atoms with Gasteiger partial charge in [-0.2, -0.15) is 0 Å². The van der Waals surface area contributed by atoms with Gasteiger partial charge in [0.15, 0.2) is 0 Å². The van der Waals surface area contributed by atoms with Gasteiger partial charge >= 0.3 is 5.97 Å². The molecule has 1 aromatic carbocycles. The molecule has 2 fully saturated rings. The van der Waals surface area contributed by atoms with Crippen LogP contribution in [0.5, 0.6) is 0 Å². The van der Waals surface area contributed by atoms with Crippen molar-refractivity contribution < 1.29 is 9.53 Å². The first kappa shape index (κ1) is 15.5. The molecule has 2 aliphatic rings. The maximum Gasteiger partial charge on any atom is 0.324 e. The summed E-state index contributed by atoms with van der Waals surface area (Å²) in [6, 6.07) is 10.7. The molecule has 120 valence electrons. The van der Waals surface area contributed by atoms with E-state index in [-0.39, 0.29) is 17.4 Å². The molecule has 0 radical (unpaired) electrons. The van der Waals surface area contributed by atoms with Crippen molar-refractivity contribution >= 4 is 5.97 Å². The van der Waals surface area contributed by atoms with E-state index in [1.54, 1.807) is 0 Å². The lowest BCUT2D eigenvalue weighted by atomic mass is 9.86. The fraction of sp³-hybridized carbons (Fsp3) is 0.632. The predicted molar refractivity (Wildman–Crippen MR) is 87.8 cm³/mol. The Kier molecular flexibility index (Phi) is 4.82. The zero-order valence-electron chi connectivity index (χ0n) is 13.5. The molecule has 0 aliphatic heterocycles. The topological polar surface area (TPSA) is 38.3 Å². The van der Waals surface area contributed by atoms with E-state index in [4.69, 9.17) is 4.74 Å². The maximum atomic E-state index is 12.6. The molecule has 3 nitrogen and oxygen atoms in total. The van der Waals surface area contributed by atoms with E-state index in [0.29, 0.717) is 12.6 Å². The van der Waals surface area contributed by atoms with Crippen LogP contribution in [0.25, 0.3) is 0 Å². The summed E-state index contributed by atoms with van der Waals surface area (Å²) in [5.41, 5.74) is 1.22. The van der Waals surface area contributed by atoms with Crippen LogP contribution in [0.15, 0.2) is 30.3 Å². The van der Waals surface area contributed by atoms with Crippen molar-refractivity contribution in [2.75, 3.05) is 6.61 Å². The van der Waals surface area contributed by atoms with E-state index in [2.05, 4.69) is 29.6 Å². The standard InChI is InChI=1S/C19H27NO2/c1-2-22-18(21)17(20-16-11-7-4-8-12-16)19(13-14-19)15-9-5-3-6-10-15/h3,5-6,9-10,16-17,20H,2,4,7-8,11-14H2,1H3. The SMILES string of the molecule is CCOC(=O)C(NC1CCCCC1)C1(c2ccccc2)CC1. The smallest absolute Gasteiger partial charge is 0.324 e. The highest BCUT2D eigenvalue weighted by Crippen LogP contribution is 2.51. The molecule has 1 N–H and O–H groups in total. The van der Waals surface area contributed by atoms with Gasteiger partial charge in [-0.25, -0.2) is 0 Å². The third kappa shape index (κ3) is 3.19. The largest absolute Gasteiger partial charge is 0.465 e. The van der Waals surface area contributed by atoms with Crippen LogP contribution in [0.2, 0.25) is 0 Å². The minimum absolute atomic E-state index is 0.0506. The van der Waals surface area contributed by atoms with E-state index in [9.17, 15) is 4.79 Å². The Morgan fingerprint density at radius 1 is 1.23 bits per heavy atom. The Labute approximate surface area is 133 Å². The van der Waals surface area contributed by atoms with Crippen LogP contribution in [0.1, 0.15) is 57.4 Å². The highest BCUT2D eigenvalue weighted by atomic mass is 16.5. The van der Waals surface area contributed by atoms with Crippen molar-refractivity contribution in [3.05, 3.63) is 35.9 Å². The molecule has 0 aromatic heterocycles. The van der Waals surface area contributed by atoms with E-state index in [1.807, 2.05) is 13.0 Å². The first-order valence-corrected chi connectivity index (χ1v) is 8.74. The summed E-state index contributed by atoms with van der Waals surface area (Å²) < 4.78 is 5.39. The third-order valence-electron chi connectivity index (χ3n) is 5.22. The van der Waals surface area contributed by atoms with Crippen LogP contribution in [0.3, 0.4) is 0 Å². The average Bonchev–Trinajstić information content (AvgIpc) is 3.36. The first-order valence-electron chi connectivity index (χ1n) is 8.74. The Morgan fingerprint density at radius 3 is 2.50 bits per heavy atom. The van der Waals surface area contributed by atoms with Gasteiger partial charge in [0, 0.05) is 11.5 Å². The molecule has 1 unspecified atom stereocenters. The summed E-state index contributed by atoms with van der Waals surface area (Å²) in [6.45, 7) is 2.34. The second-order valence-corrected chi connectivity index (χ2v) is 6.71. The van der Waals surface area contributed by atoms with Crippen LogP contribution in [-0.2, 0) is 14.9 Å². The molecular formula is C19H27NO2. The summed E-state index contributed by atoms with van der Waals surface area (Å²) in [6.07, 6.45) is 8.37. The molecule has 2 aliphatic carbocycles. The van der Waals surface area contributed by atoms with Crippen molar-refractivity contribution in [1.29, 1.82) is 0 Å². The van der Waals surface area contributed by atoms with Gasteiger partial charge in [0.05, 0.1) is 6.61 Å². The molecule has 0 amide bonds. The molecule has 2 saturated carbocycles. The van der Waals surface area contributed by atoms with Crippen LogP contribution >= 0.6 is 0 Å². The van der Waals surface area contributed by atoms with Gasteiger partial charge in [0.1, 0.15) is 6.04 Å². The highest BCUT2D eigenvalue weighted by molar-refractivity contribution is 5.79. The Balaban J connectivity index is 1.80. The normalized spacial score (nSPS) is 22.0. The van der Waals surface area contributed by atoms with Gasteiger partial charge in [-0.05, 0) is 38.2 Å². The lowest BCUT2D eigenvalue weighted by Gasteiger charge is -2.32. The fourth-order valence-corrected chi connectivity index (χ4v) is 3.83. The van der Waals surface area contributed by atoms with Crippen molar-refractivity contribution in [2.24, 2.45) is 0 Å². The Morgan fingerprint density at radius 2 is 1.91 bits per heavy atom. The molecule has 22 heavy (non-hydrogen) atoms. The van der Waals surface area contributed by atoms with Crippen molar-refractivity contribution in [1.82, 2.24) is 5.32 Å². The lowest BCUT2D eigenvalue weighted by Crippen LogP contribution is -2.51. The van der Waals surface area contributed by atoms with Crippen LogP contribution in [0, 0.1) is 0 Å². The van der Waals surface area contributed by atoms with Gasteiger partial charge in [0.25, 0.3) is 0 Å². The van der Waals surface area contributed by atoms with Gasteiger partial charge < -0.3 is 10.1 Å². The summed E-state index contributed by atoms with van der Waals surface area (Å²) in [5, 5.41) is 3.67. The molecule has 0 spiro atoms. The highest BCUT2D eigenvalue weighted by Gasteiger charge is 2.54. The van der Waals surface area contributed by atoms with E-state index in [1.165, 1.54) is 37.7 Å². The summed E-state index contributed by atoms with van der Waals surface area (Å²) >= 11 is 0. The number of hydrogen-bond donors (Lipinski definition) is 1. The number of hydrogen-bond acceptors (Lipinski definition) is 3. The summed E-state index contributed by atoms with van der Waals surface area (Å²) in [5.74, 6) is -0.0746. The number of benzene rings is 1. The van der Waals surface area contributed by atoms with Gasteiger partial charge in [-0.3, -0.25) is 4.79 Å². The van der Waals surface area contributed by atoms with Gasteiger partial charge in [-0.15, -0.1) is 0 Å². The number of esters is 1. The van der Waals surface area contributed by atoms with Crippen molar-refractivity contribution in [3.8, 4) is 0 Å². The zero-order chi connectivity index (χ0) is 15.4. The van der Waals surface area contributed by atoms with Gasteiger partial charge in [0.2, 0.25) is 0 Å². The molecule has 1 aromatic rings. The zero-order valence-corrected chi connectivity index (χ0v) is 13.5. The first-order chi connectivity index (χ1) is 10.8. The van der Waals surface area contributed by atoms with Crippen LogP contribution in [0.4, 0.5) is 0 Å². The molecule has 3 rings (SSSR count). The number of carbonyl (C=O) groups excluding carboxylic acids is 1. The lowest BCUT2D eigenvalue weighted by molar-refractivity contribution is -0.147. The van der Waals surface area contributed by atoms with Crippen LogP contribution < -0.4 is 5.32 Å². The van der Waals surface area contributed by atoms with Gasteiger partial charge in [-0.1, -0.05) is 49.6 Å². The molecule has 0 bridgehead atoms. The maximum absolute atomic E-state index is 12.6. The molecule has 0 heterocycles. The summed E-state index contributed by atoms with van der Waals surface area (Å²) in [7, 11) is 0. The number of ether oxygens (including phenoxy) is 1. The van der Waals surface area contributed by atoms with E-state index < -0.39 is 0 Å². The predicted octanol–water partition coefficient (Wildman–Crippen LogP) is 3.57. The Hall–Kier alpha value is -1.35. The second-order valence-electron chi connectivity index (χ2n) is 6.71. The molecular weight excluding hydrogens is 274 g/mol. The second kappa shape index (κ2) is 6.82. The monoisotopic (exact) mass is 301 g/mol. The molecule has 3 heteroatoms.